The summed E-state index contributed by atoms with van der Waals surface area (Å²) in [4.78, 5) is 22.4. The molecule has 1 unspecified atom stereocenters. The van der Waals surface area contributed by atoms with Crippen molar-refractivity contribution in [3.63, 3.8) is 0 Å². The average Bonchev–Trinajstić information content (AvgIpc) is 2.30. The molecule has 19 heavy (non-hydrogen) atoms. The van der Waals surface area contributed by atoms with E-state index in [0.29, 0.717) is 12.1 Å². The normalized spacial score (nSPS) is 12.8. The zero-order valence-corrected chi connectivity index (χ0v) is 12.5. The Morgan fingerprint density at radius 2 is 1.89 bits per heavy atom. The van der Waals surface area contributed by atoms with Crippen LogP contribution in [0.4, 0.5) is 5.69 Å². The first-order valence-electron chi connectivity index (χ1n) is 5.85. The molecule has 1 rings (SSSR count). The van der Waals surface area contributed by atoms with Crippen molar-refractivity contribution in [2.24, 2.45) is 0 Å². The van der Waals surface area contributed by atoms with E-state index in [4.69, 9.17) is 5.11 Å². The van der Waals surface area contributed by atoms with Gasteiger partial charge in [-0.25, -0.2) is 4.79 Å². The number of carbonyl (C=O) groups excluding carboxylic acids is 1. The second kappa shape index (κ2) is 6.16. The van der Waals surface area contributed by atoms with Gasteiger partial charge in [-0.05, 0) is 31.5 Å². The van der Waals surface area contributed by atoms with Gasteiger partial charge in [-0.2, -0.15) is 0 Å². The molecule has 0 heterocycles. The van der Waals surface area contributed by atoms with Crippen molar-refractivity contribution >= 4 is 33.5 Å². The Hall–Kier alpha value is -1.40. The summed E-state index contributed by atoms with van der Waals surface area (Å²) in [5, 5.41) is 11.5. The Balaban J connectivity index is 2.67. The lowest BCUT2D eigenvalue weighted by atomic mass is 10.1. The van der Waals surface area contributed by atoms with Crippen LogP contribution in [-0.4, -0.2) is 27.3 Å². The molecule has 0 spiro atoms. The van der Waals surface area contributed by atoms with E-state index in [2.05, 4.69) is 27.0 Å². The van der Waals surface area contributed by atoms with E-state index in [9.17, 15) is 9.59 Å². The van der Waals surface area contributed by atoms with Crippen molar-refractivity contribution in [1.29, 1.82) is 0 Å². The lowest BCUT2D eigenvalue weighted by molar-refractivity contribution is -0.407. The number of benzene rings is 1. The zero-order valence-electron chi connectivity index (χ0n) is 10.9. The van der Waals surface area contributed by atoms with E-state index in [-0.39, 0.29) is 5.91 Å². The molecule has 0 saturated heterocycles. The number of anilines is 1. The molecule has 5 nitrogen and oxygen atoms in total. The number of quaternary nitrogens is 1. The summed E-state index contributed by atoms with van der Waals surface area (Å²) in [6, 6.07) is 6.42. The van der Waals surface area contributed by atoms with Gasteiger partial charge in [-0.3, -0.25) is 4.79 Å². The van der Waals surface area contributed by atoms with Crippen molar-refractivity contribution in [1.82, 2.24) is 0 Å². The minimum Gasteiger partial charge on any atom is -0.477 e. The van der Waals surface area contributed by atoms with Crippen LogP contribution in [0, 0.1) is 0 Å². The van der Waals surface area contributed by atoms with Crippen LogP contribution in [0.5, 0.6) is 0 Å². The molecule has 0 fully saturated rings. The van der Waals surface area contributed by atoms with Gasteiger partial charge in [0, 0.05) is 12.1 Å². The summed E-state index contributed by atoms with van der Waals surface area (Å²) in [6.45, 7) is 3.52. The van der Waals surface area contributed by atoms with Gasteiger partial charge in [0.1, 0.15) is 0 Å². The molecule has 0 aliphatic heterocycles. The number of hydrogen-bond acceptors (Lipinski definition) is 2. The van der Waals surface area contributed by atoms with Crippen LogP contribution < -0.4 is 11.1 Å². The number of aliphatic carboxylic acids is 1. The molecular formula is C13H18BrN2O3+. The zero-order chi connectivity index (χ0) is 14.6. The van der Waals surface area contributed by atoms with Crippen LogP contribution in [0.1, 0.15) is 19.4 Å². The molecule has 0 aliphatic rings. The maximum absolute atomic E-state index is 11.7. The van der Waals surface area contributed by atoms with Gasteiger partial charge in [0.25, 0.3) is 0 Å². The highest BCUT2D eigenvalue weighted by Gasteiger charge is 2.23. The van der Waals surface area contributed by atoms with Gasteiger partial charge in [-0.1, -0.05) is 28.1 Å². The van der Waals surface area contributed by atoms with Crippen molar-refractivity contribution < 1.29 is 20.4 Å². The van der Waals surface area contributed by atoms with Gasteiger partial charge < -0.3 is 16.2 Å². The highest BCUT2D eigenvalue weighted by molar-refractivity contribution is 9.10. The predicted molar refractivity (Wildman–Crippen MR) is 76.1 cm³/mol. The Kier molecular flexibility index (Phi) is 5.08. The third kappa shape index (κ3) is 5.00. The van der Waals surface area contributed by atoms with Crippen LogP contribution in [0.3, 0.4) is 0 Å². The minimum atomic E-state index is -0.918. The fourth-order valence-electron chi connectivity index (χ4n) is 1.38. The Bertz CT molecular complexity index is 466. The first-order chi connectivity index (χ1) is 8.70. The Morgan fingerprint density at radius 3 is 2.32 bits per heavy atom. The van der Waals surface area contributed by atoms with Gasteiger partial charge in [0.2, 0.25) is 5.91 Å². The van der Waals surface area contributed by atoms with Gasteiger partial charge in [-0.15, -0.1) is 0 Å². The number of alkyl halides is 1. The van der Waals surface area contributed by atoms with Crippen LogP contribution in [0.15, 0.2) is 24.3 Å². The van der Waals surface area contributed by atoms with Gasteiger partial charge >= 0.3 is 5.97 Å². The standard InChI is InChI=1S/C13H17BrN2O3/c1-13(2,14)12(19)16-9-5-3-8(4-6-9)7-10(15)11(17)18/h3-6,10H,7,15H2,1-2H3,(H,16,19)(H,17,18)/p+1. The summed E-state index contributed by atoms with van der Waals surface area (Å²) < 4.78 is -0.632. The van der Waals surface area contributed by atoms with Crippen LogP contribution in [0.2, 0.25) is 0 Å². The van der Waals surface area contributed by atoms with Crippen molar-refractivity contribution in [3.05, 3.63) is 29.8 Å². The lowest BCUT2D eigenvalue weighted by Gasteiger charge is -2.16. The minimum absolute atomic E-state index is 0.138. The third-order valence-corrected chi connectivity index (χ3v) is 2.94. The monoisotopic (exact) mass is 329 g/mol. The van der Waals surface area contributed by atoms with Crippen LogP contribution >= 0.6 is 15.9 Å². The van der Waals surface area contributed by atoms with E-state index < -0.39 is 16.3 Å². The maximum atomic E-state index is 11.7. The number of rotatable bonds is 5. The molecule has 0 saturated carbocycles. The van der Waals surface area contributed by atoms with Crippen LogP contribution in [-0.2, 0) is 16.0 Å². The van der Waals surface area contributed by atoms with Crippen LogP contribution in [0.25, 0.3) is 0 Å². The Labute approximate surface area is 120 Å². The maximum Gasteiger partial charge on any atom is 0.362 e. The second-order valence-electron chi connectivity index (χ2n) is 4.86. The van der Waals surface area contributed by atoms with E-state index in [1.54, 1.807) is 38.1 Å². The quantitative estimate of drug-likeness (QED) is 0.704. The topological polar surface area (TPSA) is 94.0 Å². The summed E-state index contributed by atoms with van der Waals surface area (Å²) in [6.07, 6.45) is 0.369. The fraction of sp³-hybridized carbons (Fsp3) is 0.385. The van der Waals surface area contributed by atoms with Gasteiger partial charge in [0.05, 0.1) is 4.32 Å². The second-order valence-corrected chi connectivity index (χ2v) is 6.85. The van der Waals surface area contributed by atoms with Crippen molar-refractivity contribution in [2.75, 3.05) is 5.32 Å². The summed E-state index contributed by atoms with van der Waals surface area (Å²) in [5.41, 5.74) is 5.11. The molecule has 0 bridgehead atoms. The third-order valence-electron chi connectivity index (χ3n) is 2.58. The molecule has 0 radical (unpaired) electrons. The van der Waals surface area contributed by atoms with E-state index in [0.717, 1.165) is 5.56 Å². The molecule has 6 heteroatoms. The molecule has 104 valence electrons. The average molecular weight is 330 g/mol. The summed E-state index contributed by atoms with van der Waals surface area (Å²) >= 11 is 3.28. The highest BCUT2D eigenvalue weighted by Crippen LogP contribution is 2.19. The van der Waals surface area contributed by atoms with E-state index in [1.165, 1.54) is 0 Å². The number of carbonyl (C=O) groups is 2. The number of nitrogens with one attached hydrogen (secondary N) is 1. The summed E-state index contributed by atoms with van der Waals surface area (Å²) in [5.74, 6) is -1.06. The highest BCUT2D eigenvalue weighted by atomic mass is 79.9. The first-order valence-corrected chi connectivity index (χ1v) is 6.64. The van der Waals surface area contributed by atoms with E-state index in [1.807, 2.05) is 0 Å². The first kappa shape index (κ1) is 15.7. The molecule has 5 N–H and O–H groups in total. The molecule has 1 aromatic carbocycles. The number of hydrogen-bond donors (Lipinski definition) is 3. The molecule has 0 aliphatic carbocycles. The van der Waals surface area contributed by atoms with Crippen molar-refractivity contribution in [2.45, 2.75) is 30.6 Å². The Morgan fingerprint density at radius 1 is 1.37 bits per heavy atom. The molecule has 0 aromatic heterocycles. The largest absolute Gasteiger partial charge is 0.477 e. The van der Waals surface area contributed by atoms with E-state index >= 15 is 0 Å². The summed E-state index contributed by atoms with van der Waals surface area (Å²) in [7, 11) is 0. The predicted octanol–water partition coefficient (Wildman–Crippen LogP) is 1.04. The molecular weight excluding hydrogens is 312 g/mol. The molecule has 1 amide bonds. The number of carboxylic acid groups (broad SMARTS) is 1. The number of halogens is 1. The SMILES string of the molecule is CC(C)(Br)C(=O)Nc1ccc(CC([NH3+])C(=O)O)cc1. The molecule has 1 aromatic rings. The van der Waals surface area contributed by atoms with Gasteiger partial charge in [0.15, 0.2) is 6.04 Å². The fourth-order valence-corrected chi connectivity index (χ4v) is 1.47. The number of amides is 1. The lowest BCUT2D eigenvalue weighted by Crippen LogP contribution is -2.65. The van der Waals surface area contributed by atoms with Crippen molar-refractivity contribution in [3.8, 4) is 0 Å². The molecule has 1 atom stereocenters. The number of carboxylic acids is 1. The smallest absolute Gasteiger partial charge is 0.362 e.